The Balaban J connectivity index is 1.40. The number of hydrogen-bond acceptors (Lipinski definition) is 4. The van der Waals surface area contributed by atoms with Gasteiger partial charge in [0.05, 0.1) is 23.7 Å². The topological polar surface area (TPSA) is 65.4 Å². The minimum absolute atomic E-state index is 0.0874. The van der Waals surface area contributed by atoms with Crippen LogP contribution in [0.15, 0.2) is 66.7 Å². The first-order valence-corrected chi connectivity index (χ1v) is 12.1. The molecule has 0 saturated heterocycles. The monoisotopic (exact) mass is 491 g/mol. The first-order chi connectivity index (χ1) is 16.9. The Labute approximate surface area is 210 Å². The SMILES string of the molecule is Cc1cccc(OCCCn2c(C(C)NC(=O)COc3ccc(Cl)cc3)nc3ccccc32)c1C. The third kappa shape index (κ3) is 6.14. The number of carbonyl (C=O) groups is 1. The third-order valence-electron chi connectivity index (χ3n) is 5.97. The van der Waals surface area contributed by atoms with E-state index in [-0.39, 0.29) is 18.6 Å². The molecule has 0 fully saturated rings. The number of rotatable bonds is 10. The molecule has 1 heterocycles. The van der Waals surface area contributed by atoms with Crippen LogP contribution in [-0.2, 0) is 11.3 Å². The average Bonchev–Trinajstić information content (AvgIpc) is 3.23. The minimum atomic E-state index is -0.288. The molecule has 0 radical (unpaired) electrons. The largest absolute Gasteiger partial charge is 0.493 e. The molecule has 7 heteroatoms. The fourth-order valence-corrected chi connectivity index (χ4v) is 4.10. The molecule has 1 amide bonds. The fraction of sp³-hybridized carbons (Fsp3) is 0.286. The first kappa shape index (κ1) is 24.6. The molecule has 35 heavy (non-hydrogen) atoms. The van der Waals surface area contributed by atoms with Crippen LogP contribution in [0.4, 0.5) is 0 Å². The highest BCUT2D eigenvalue weighted by atomic mass is 35.5. The van der Waals surface area contributed by atoms with Crippen molar-refractivity contribution in [2.75, 3.05) is 13.2 Å². The second-order valence-electron chi connectivity index (χ2n) is 8.54. The fourth-order valence-electron chi connectivity index (χ4n) is 3.97. The van der Waals surface area contributed by atoms with Crippen molar-refractivity contribution >= 4 is 28.5 Å². The van der Waals surface area contributed by atoms with E-state index >= 15 is 0 Å². The molecule has 4 aromatic rings. The molecule has 182 valence electrons. The summed E-state index contributed by atoms with van der Waals surface area (Å²) in [4.78, 5) is 17.4. The van der Waals surface area contributed by atoms with Gasteiger partial charge in [0.1, 0.15) is 17.3 Å². The minimum Gasteiger partial charge on any atom is -0.493 e. The number of hydrogen-bond donors (Lipinski definition) is 1. The number of nitrogens with one attached hydrogen (secondary N) is 1. The van der Waals surface area contributed by atoms with Crippen molar-refractivity contribution in [2.24, 2.45) is 0 Å². The van der Waals surface area contributed by atoms with Crippen LogP contribution in [0, 0.1) is 13.8 Å². The van der Waals surface area contributed by atoms with E-state index in [0.717, 1.165) is 35.6 Å². The Kier molecular flexibility index (Phi) is 7.93. The van der Waals surface area contributed by atoms with Gasteiger partial charge in [-0.15, -0.1) is 0 Å². The molecule has 1 N–H and O–H groups in total. The zero-order chi connectivity index (χ0) is 24.8. The summed E-state index contributed by atoms with van der Waals surface area (Å²) in [6.07, 6.45) is 0.807. The molecular formula is C28H30ClN3O3. The standard InChI is InChI=1S/C28H30ClN3O3/c1-19-8-6-11-26(20(19)2)34-17-7-16-32-25-10-5-4-9-24(25)31-28(32)21(3)30-27(33)18-35-23-14-12-22(29)13-15-23/h4-6,8-15,21H,7,16-18H2,1-3H3,(H,30,33). The molecular weight excluding hydrogens is 462 g/mol. The number of benzene rings is 3. The van der Waals surface area contributed by atoms with Crippen LogP contribution in [0.5, 0.6) is 11.5 Å². The predicted molar refractivity (Wildman–Crippen MR) is 139 cm³/mol. The molecule has 0 bridgehead atoms. The van der Waals surface area contributed by atoms with Gasteiger partial charge >= 0.3 is 0 Å². The Morgan fingerprint density at radius 2 is 1.80 bits per heavy atom. The lowest BCUT2D eigenvalue weighted by Gasteiger charge is -2.17. The molecule has 0 spiro atoms. The molecule has 0 saturated carbocycles. The van der Waals surface area contributed by atoms with Crippen molar-refractivity contribution in [1.82, 2.24) is 14.9 Å². The average molecular weight is 492 g/mol. The molecule has 0 aliphatic rings. The molecule has 0 aliphatic heterocycles. The number of carbonyl (C=O) groups excluding carboxylic acids is 1. The number of nitrogens with zero attached hydrogens (tertiary/aromatic N) is 2. The van der Waals surface area contributed by atoms with Gasteiger partial charge in [-0.25, -0.2) is 4.98 Å². The lowest BCUT2D eigenvalue weighted by molar-refractivity contribution is -0.123. The Hall–Kier alpha value is -3.51. The van der Waals surface area contributed by atoms with Crippen molar-refractivity contribution < 1.29 is 14.3 Å². The van der Waals surface area contributed by atoms with Crippen LogP contribution in [0.1, 0.15) is 36.3 Å². The number of ether oxygens (including phenoxy) is 2. The summed E-state index contributed by atoms with van der Waals surface area (Å²) >= 11 is 5.90. The molecule has 1 atom stereocenters. The van der Waals surface area contributed by atoms with Crippen molar-refractivity contribution in [3.05, 3.63) is 88.7 Å². The van der Waals surface area contributed by atoms with E-state index < -0.39 is 0 Å². The van der Waals surface area contributed by atoms with Gasteiger partial charge in [-0.1, -0.05) is 35.9 Å². The Bertz CT molecular complexity index is 1300. The lowest BCUT2D eigenvalue weighted by Crippen LogP contribution is -2.32. The van der Waals surface area contributed by atoms with Crippen LogP contribution in [-0.4, -0.2) is 28.7 Å². The Morgan fingerprint density at radius 3 is 2.60 bits per heavy atom. The number of fused-ring (bicyclic) bond motifs is 1. The summed E-state index contributed by atoms with van der Waals surface area (Å²) in [6.45, 7) is 7.32. The number of aryl methyl sites for hydroxylation is 2. The van der Waals surface area contributed by atoms with Crippen molar-refractivity contribution in [2.45, 2.75) is 39.8 Å². The van der Waals surface area contributed by atoms with Crippen LogP contribution in [0.2, 0.25) is 5.02 Å². The summed E-state index contributed by atoms with van der Waals surface area (Å²) in [5, 5.41) is 3.62. The Morgan fingerprint density at radius 1 is 1.03 bits per heavy atom. The highest BCUT2D eigenvalue weighted by Gasteiger charge is 2.18. The number of para-hydroxylation sites is 2. The van der Waals surface area contributed by atoms with Crippen LogP contribution < -0.4 is 14.8 Å². The van der Waals surface area contributed by atoms with Crippen LogP contribution in [0.25, 0.3) is 11.0 Å². The van der Waals surface area contributed by atoms with Crippen molar-refractivity contribution in [1.29, 1.82) is 0 Å². The molecule has 1 aromatic heterocycles. The molecule has 4 rings (SSSR count). The van der Waals surface area contributed by atoms with E-state index in [2.05, 4.69) is 35.9 Å². The highest BCUT2D eigenvalue weighted by Crippen LogP contribution is 2.23. The van der Waals surface area contributed by atoms with Gasteiger partial charge in [0.2, 0.25) is 0 Å². The van der Waals surface area contributed by atoms with E-state index in [4.69, 9.17) is 26.1 Å². The number of aromatic nitrogens is 2. The van der Waals surface area contributed by atoms with E-state index in [1.807, 2.05) is 37.3 Å². The molecule has 6 nitrogen and oxygen atoms in total. The van der Waals surface area contributed by atoms with Gasteiger partial charge < -0.3 is 19.4 Å². The smallest absolute Gasteiger partial charge is 0.258 e. The second-order valence-corrected chi connectivity index (χ2v) is 8.98. The molecule has 0 aliphatic carbocycles. The quantitative estimate of drug-likeness (QED) is 0.275. The van der Waals surface area contributed by atoms with Gasteiger partial charge in [-0.3, -0.25) is 4.79 Å². The summed E-state index contributed by atoms with van der Waals surface area (Å²) in [5.74, 6) is 2.09. The van der Waals surface area contributed by atoms with Crippen LogP contribution in [0.3, 0.4) is 0 Å². The maximum Gasteiger partial charge on any atom is 0.258 e. The van der Waals surface area contributed by atoms with Gasteiger partial charge in [-0.05, 0) is 80.8 Å². The number of imidazole rings is 1. The van der Waals surface area contributed by atoms with Gasteiger partial charge in [0, 0.05) is 11.6 Å². The highest BCUT2D eigenvalue weighted by molar-refractivity contribution is 6.30. The van der Waals surface area contributed by atoms with E-state index in [1.165, 1.54) is 11.1 Å². The van der Waals surface area contributed by atoms with Gasteiger partial charge in [0.15, 0.2) is 6.61 Å². The summed E-state index contributed by atoms with van der Waals surface area (Å²) in [5.41, 5.74) is 4.32. The normalized spacial score (nSPS) is 11.9. The van der Waals surface area contributed by atoms with E-state index in [1.54, 1.807) is 24.3 Å². The summed E-state index contributed by atoms with van der Waals surface area (Å²) < 4.78 is 13.8. The molecule has 1 unspecified atom stereocenters. The second kappa shape index (κ2) is 11.3. The predicted octanol–water partition coefficient (Wildman–Crippen LogP) is 6.03. The van der Waals surface area contributed by atoms with Gasteiger partial charge in [0.25, 0.3) is 5.91 Å². The van der Waals surface area contributed by atoms with Crippen molar-refractivity contribution in [3.8, 4) is 11.5 Å². The summed E-state index contributed by atoms with van der Waals surface area (Å²) in [6, 6.07) is 20.7. The summed E-state index contributed by atoms with van der Waals surface area (Å²) in [7, 11) is 0. The molecule has 3 aromatic carbocycles. The van der Waals surface area contributed by atoms with Crippen molar-refractivity contribution in [3.63, 3.8) is 0 Å². The van der Waals surface area contributed by atoms with Gasteiger partial charge in [-0.2, -0.15) is 0 Å². The first-order valence-electron chi connectivity index (χ1n) is 11.7. The maximum atomic E-state index is 12.6. The maximum absolute atomic E-state index is 12.6. The van der Waals surface area contributed by atoms with E-state index in [9.17, 15) is 4.79 Å². The lowest BCUT2D eigenvalue weighted by atomic mass is 10.1. The van der Waals surface area contributed by atoms with E-state index in [0.29, 0.717) is 17.4 Å². The van der Waals surface area contributed by atoms with Crippen LogP contribution >= 0.6 is 11.6 Å². The number of amides is 1. The number of halogens is 1. The zero-order valence-corrected chi connectivity index (χ0v) is 21.0. The zero-order valence-electron chi connectivity index (χ0n) is 20.3. The third-order valence-corrected chi connectivity index (χ3v) is 6.22.